The predicted molar refractivity (Wildman–Crippen MR) is 86.0 cm³/mol. The van der Waals surface area contributed by atoms with Crippen molar-refractivity contribution in [3.63, 3.8) is 0 Å². The number of carbonyl (C=O) groups excluding carboxylic acids is 1. The molecule has 1 atom stereocenters. The third kappa shape index (κ3) is 3.78. The molecule has 0 saturated carbocycles. The van der Waals surface area contributed by atoms with E-state index in [2.05, 4.69) is 0 Å². The zero-order valence-electron chi connectivity index (χ0n) is 13.9. The highest BCUT2D eigenvalue weighted by molar-refractivity contribution is 5.86. The van der Waals surface area contributed by atoms with E-state index in [0.717, 1.165) is 17.9 Å². The van der Waals surface area contributed by atoms with Crippen LogP contribution in [-0.2, 0) is 4.79 Å². The van der Waals surface area contributed by atoms with E-state index < -0.39 is 11.6 Å². The Bertz CT molecular complexity index is 530. The normalized spacial score (nSPS) is 20.0. The van der Waals surface area contributed by atoms with Gasteiger partial charge in [-0.2, -0.15) is 0 Å². The fraction of sp³-hybridized carbons (Fsp3) is 0.588. The highest BCUT2D eigenvalue weighted by atomic mass is 16.5. The second-order valence-corrected chi connectivity index (χ2v) is 6.51. The van der Waals surface area contributed by atoms with Crippen molar-refractivity contribution < 1.29 is 14.6 Å². The summed E-state index contributed by atoms with van der Waals surface area (Å²) in [5, 5.41) is 10.2. The Morgan fingerprint density at radius 3 is 2.77 bits per heavy atom. The summed E-state index contributed by atoms with van der Waals surface area (Å²) in [7, 11) is 1.82. The second-order valence-electron chi connectivity index (χ2n) is 6.51. The van der Waals surface area contributed by atoms with E-state index in [9.17, 15) is 9.90 Å². The summed E-state index contributed by atoms with van der Waals surface area (Å²) in [5.41, 5.74) is 0.537. The van der Waals surface area contributed by atoms with Crippen LogP contribution in [0.25, 0.3) is 0 Å². The van der Waals surface area contributed by atoms with Gasteiger partial charge in [0, 0.05) is 26.7 Å². The second kappa shape index (κ2) is 6.67. The molecular formula is C17H26N2O3. The first kappa shape index (κ1) is 16.8. The molecule has 0 bridgehead atoms. The average Bonchev–Trinajstić information content (AvgIpc) is 2.46. The third-order valence-electron chi connectivity index (χ3n) is 4.23. The number of benzene rings is 1. The number of amides is 1. The number of ether oxygens (including phenoxy) is 1. The molecule has 0 aliphatic carbocycles. The summed E-state index contributed by atoms with van der Waals surface area (Å²) < 4.78 is 5.63. The number of aryl methyl sites for hydroxylation is 1. The maximum atomic E-state index is 12.2. The monoisotopic (exact) mass is 306 g/mol. The zero-order chi connectivity index (χ0) is 16.3. The summed E-state index contributed by atoms with van der Waals surface area (Å²) in [6, 6.07) is 7.75. The molecule has 2 rings (SSSR count). The number of likely N-dealkylation sites (N-methyl/N-ethyl adjacent to an activating group) is 1. The molecule has 0 spiro atoms. The molecule has 0 radical (unpaired) electrons. The van der Waals surface area contributed by atoms with Crippen molar-refractivity contribution in [1.29, 1.82) is 0 Å². The van der Waals surface area contributed by atoms with Gasteiger partial charge in [0.15, 0.2) is 0 Å². The van der Waals surface area contributed by atoms with Gasteiger partial charge in [0.1, 0.15) is 18.5 Å². The fourth-order valence-corrected chi connectivity index (χ4v) is 2.78. The molecule has 0 aromatic heterocycles. The van der Waals surface area contributed by atoms with Gasteiger partial charge >= 0.3 is 0 Å². The third-order valence-corrected chi connectivity index (χ3v) is 4.23. The summed E-state index contributed by atoms with van der Waals surface area (Å²) in [4.78, 5) is 16.0. The van der Waals surface area contributed by atoms with Crippen molar-refractivity contribution in [3.05, 3.63) is 29.8 Å². The van der Waals surface area contributed by atoms with Gasteiger partial charge in [0.25, 0.3) is 0 Å². The maximum absolute atomic E-state index is 12.2. The molecule has 1 fully saturated rings. The fourth-order valence-electron chi connectivity index (χ4n) is 2.78. The number of carbonyl (C=O) groups is 1. The minimum atomic E-state index is -0.629. The summed E-state index contributed by atoms with van der Waals surface area (Å²) in [6.07, 6.45) is -0.629. The van der Waals surface area contributed by atoms with Gasteiger partial charge in [-0.15, -0.1) is 0 Å². The molecule has 5 nitrogen and oxygen atoms in total. The maximum Gasteiger partial charge on any atom is 0.242 e. The number of hydrogen-bond acceptors (Lipinski definition) is 4. The largest absolute Gasteiger partial charge is 0.491 e. The van der Waals surface area contributed by atoms with Crippen LogP contribution >= 0.6 is 0 Å². The molecule has 22 heavy (non-hydrogen) atoms. The van der Waals surface area contributed by atoms with Gasteiger partial charge in [0.2, 0.25) is 5.91 Å². The van der Waals surface area contributed by atoms with Crippen LogP contribution < -0.4 is 4.74 Å². The number of rotatable bonds is 5. The van der Waals surface area contributed by atoms with Crippen LogP contribution in [0.1, 0.15) is 19.4 Å². The molecule has 122 valence electrons. The molecular weight excluding hydrogens is 280 g/mol. The summed E-state index contributed by atoms with van der Waals surface area (Å²) >= 11 is 0. The predicted octanol–water partition coefficient (Wildman–Crippen LogP) is 1.29. The minimum absolute atomic E-state index is 0.0885. The first-order valence-electron chi connectivity index (χ1n) is 7.69. The van der Waals surface area contributed by atoms with Crippen LogP contribution in [0, 0.1) is 6.92 Å². The first-order valence-corrected chi connectivity index (χ1v) is 7.69. The van der Waals surface area contributed by atoms with Crippen molar-refractivity contribution in [2.75, 3.05) is 33.3 Å². The highest BCUT2D eigenvalue weighted by Gasteiger charge is 2.40. The van der Waals surface area contributed by atoms with E-state index in [1.807, 2.05) is 57.0 Å². The summed E-state index contributed by atoms with van der Waals surface area (Å²) in [5.74, 6) is 0.846. The molecule has 1 saturated heterocycles. The molecule has 5 heteroatoms. The highest BCUT2D eigenvalue weighted by Crippen LogP contribution is 2.22. The lowest BCUT2D eigenvalue weighted by Crippen LogP contribution is -2.63. The standard InChI is InChI=1S/C17H26N2O3/c1-13-6-5-7-15(10-13)22-12-14(20)11-19-9-8-18(4)16(21)17(19,2)3/h5-7,10,14,20H,8-9,11-12H2,1-4H3. The number of hydrogen-bond donors (Lipinski definition) is 1. The molecule has 1 aliphatic heterocycles. The van der Waals surface area contributed by atoms with Crippen LogP contribution in [-0.4, -0.2) is 65.7 Å². The van der Waals surface area contributed by atoms with Crippen LogP contribution in [0.4, 0.5) is 0 Å². The Morgan fingerprint density at radius 1 is 1.36 bits per heavy atom. The molecule has 1 N–H and O–H groups in total. The smallest absolute Gasteiger partial charge is 0.242 e. The quantitative estimate of drug-likeness (QED) is 0.890. The molecule has 1 aromatic carbocycles. The van der Waals surface area contributed by atoms with Crippen molar-refractivity contribution in [2.24, 2.45) is 0 Å². The molecule has 1 aliphatic rings. The Labute approximate surface area is 132 Å². The minimum Gasteiger partial charge on any atom is -0.491 e. The SMILES string of the molecule is Cc1cccc(OCC(O)CN2CCN(C)C(=O)C2(C)C)c1. The number of aliphatic hydroxyl groups is 1. The van der Waals surface area contributed by atoms with Crippen molar-refractivity contribution in [2.45, 2.75) is 32.4 Å². The van der Waals surface area contributed by atoms with Gasteiger partial charge < -0.3 is 14.7 Å². The Balaban J connectivity index is 1.89. The Morgan fingerprint density at radius 2 is 2.09 bits per heavy atom. The average molecular weight is 306 g/mol. The number of aliphatic hydroxyl groups excluding tert-OH is 1. The van der Waals surface area contributed by atoms with Crippen LogP contribution in [0.15, 0.2) is 24.3 Å². The lowest BCUT2D eigenvalue weighted by Gasteiger charge is -2.45. The zero-order valence-corrected chi connectivity index (χ0v) is 13.9. The topological polar surface area (TPSA) is 53.0 Å². The van der Waals surface area contributed by atoms with Gasteiger partial charge in [0.05, 0.1) is 5.54 Å². The van der Waals surface area contributed by atoms with Crippen molar-refractivity contribution >= 4 is 5.91 Å². The van der Waals surface area contributed by atoms with Gasteiger partial charge in [-0.05, 0) is 38.5 Å². The number of β-amino-alcohol motifs (C(OH)–C–C–N with tert-alkyl or cyclic N) is 1. The van der Waals surface area contributed by atoms with E-state index in [1.54, 1.807) is 4.90 Å². The number of nitrogens with zero attached hydrogens (tertiary/aromatic N) is 2. The lowest BCUT2D eigenvalue weighted by molar-refractivity contribution is -0.148. The first-order chi connectivity index (χ1) is 10.3. The summed E-state index contributed by atoms with van der Waals surface area (Å²) in [6.45, 7) is 7.91. The Hall–Kier alpha value is -1.59. The van der Waals surface area contributed by atoms with Crippen LogP contribution in [0.2, 0.25) is 0 Å². The molecule has 1 heterocycles. The van der Waals surface area contributed by atoms with Gasteiger partial charge in [-0.1, -0.05) is 12.1 Å². The van der Waals surface area contributed by atoms with Gasteiger partial charge in [-0.3, -0.25) is 9.69 Å². The van der Waals surface area contributed by atoms with Gasteiger partial charge in [-0.25, -0.2) is 0 Å². The number of piperazine rings is 1. The van der Waals surface area contributed by atoms with E-state index in [4.69, 9.17) is 4.74 Å². The van der Waals surface area contributed by atoms with Crippen molar-refractivity contribution in [3.8, 4) is 5.75 Å². The van der Waals surface area contributed by atoms with E-state index in [0.29, 0.717) is 13.1 Å². The van der Waals surface area contributed by atoms with Crippen LogP contribution in [0.3, 0.4) is 0 Å². The molecule has 1 amide bonds. The van der Waals surface area contributed by atoms with E-state index in [-0.39, 0.29) is 12.5 Å². The van der Waals surface area contributed by atoms with Crippen molar-refractivity contribution in [1.82, 2.24) is 9.80 Å². The van der Waals surface area contributed by atoms with Crippen LogP contribution in [0.5, 0.6) is 5.75 Å². The molecule has 1 aromatic rings. The Kier molecular flexibility index (Phi) is 5.08. The van der Waals surface area contributed by atoms with E-state index >= 15 is 0 Å². The van der Waals surface area contributed by atoms with E-state index in [1.165, 1.54) is 0 Å². The lowest BCUT2D eigenvalue weighted by atomic mass is 9.97. The molecule has 1 unspecified atom stereocenters.